The Bertz CT molecular complexity index is 543. The van der Waals surface area contributed by atoms with E-state index in [2.05, 4.69) is 10.9 Å². The molecule has 1 rings (SSSR count). The summed E-state index contributed by atoms with van der Waals surface area (Å²) < 4.78 is 5.16. The lowest BCUT2D eigenvalue weighted by Crippen LogP contribution is -2.24. The first-order valence-electron chi connectivity index (χ1n) is 6.11. The summed E-state index contributed by atoms with van der Waals surface area (Å²) in [5, 5.41) is 18.8. The second kappa shape index (κ2) is 7.19. The van der Waals surface area contributed by atoms with Gasteiger partial charge in [0.25, 0.3) is 0 Å². The molecule has 0 aliphatic carbocycles. The molecule has 106 valence electrons. The van der Waals surface area contributed by atoms with Crippen LogP contribution < -0.4 is 4.74 Å². The number of carbonyl (C=O) groups is 1. The largest absolute Gasteiger partial charge is 0.507 e. The Morgan fingerprint density at radius 3 is 2.75 bits per heavy atom. The van der Waals surface area contributed by atoms with Gasteiger partial charge in [-0.25, -0.2) is 4.79 Å². The van der Waals surface area contributed by atoms with Crippen molar-refractivity contribution in [1.82, 2.24) is 0 Å². The van der Waals surface area contributed by atoms with Crippen LogP contribution in [0.3, 0.4) is 0 Å². The van der Waals surface area contributed by atoms with Crippen LogP contribution in [0.5, 0.6) is 11.5 Å². The van der Waals surface area contributed by atoms with Gasteiger partial charge < -0.3 is 14.9 Å². The second-order valence-electron chi connectivity index (χ2n) is 4.52. The normalized spacial score (nSPS) is 12.3. The third kappa shape index (κ3) is 4.32. The summed E-state index contributed by atoms with van der Waals surface area (Å²) in [6.45, 7) is 3.65. The van der Waals surface area contributed by atoms with Crippen molar-refractivity contribution in [2.45, 2.75) is 19.9 Å². The van der Waals surface area contributed by atoms with E-state index in [-0.39, 0.29) is 18.3 Å². The average Bonchev–Trinajstić information content (AvgIpc) is 2.37. The zero-order chi connectivity index (χ0) is 15.1. The second-order valence-corrected chi connectivity index (χ2v) is 4.52. The number of aliphatic carboxylic acids is 1. The highest BCUT2D eigenvalue weighted by atomic mass is 16.5. The van der Waals surface area contributed by atoms with E-state index in [4.69, 9.17) is 16.3 Å². The average molecular weight is 275 g/mol. The predicted molar refractivity (Wildman–Crippen MR) is 76.3 cm³/mol. The van der Waals surface area contributed by atoms with Gasteiger partial charge in [-0.15, -0.1) is 6.42 Å². The highest BCUT2D eigenvalue weighted by Gasteiger charge is 2.19. The van der Waals surface area contributed by atoms with Gasteiger partial charge in [-0.3, -0.25) is 4.99 Å². The van der Waals surface area contributed by atoms with E-state index in [9.17, 15) is 9.90 Å². The van der Waals surface area contributed by atoms with Crippen LogP contribution >= 0.6 is 0 Å². The number of aliphatic imine (C=N–C) groups is 1. The Labute approximate surface area is 117 Å². The molecular weight excluding hydrogens is 258 g/mol. The van der Waals surface area contributed by atoms with Crippen molar-refractivity contribution in [1.29, 1.82) is 0 Å². The highest BCUT2D eigenvalue weighted by molar-refractivity contribution is 5.86. The molecule has 2 N–H and O–H groups in total. The van der Waals surface area contributed by atoms with E-state index in [0.717, 1.165) is 0 Å². The standard InChI is InChI=1S/C15H17NO4/c1-4-7-20-12-6-5-11(13(17)8-12)9-16-14(10(2)3)15(18)19/h1,5-6,8-10,14,17H,7H2,2-3H3,(H,18,19). The lowest BCUT2D eigenvalue weighted by Gasteiger charge is -2.11. The van der Waals surface area contributed by atoms with E-state index < -0.39 is 12.0 Å². The van der Waals surface area contributed by atoms with Crippen molar-refractivity contribution in [3.8, 4) is 23.8 Å². The zero-order valence-corrected chi connectivity index (χ0v) is 11.4. The van der Waals surface area contributed by atoms with Crippen molar-refractivity contribution in [2.75, 3.05) is 6.61 Å². The number of benzene rings is 1. The molecule has 0 amide bonds. The predicted octanol–water partition coefficient (Wildman–Crippen LogP) is 1.93. The van der Waals surface area contributed by atoms with Crippen LogP contribution in [0.1, 0.15) is 19.4 Å². The van der Waals surface area contributed by atoms with E-state index >= 15 is 0 Å². The fraction of sp³-hybridized carbons (Fsp3) is 0.333. The molecular formula is C15H17NO4. The maximum Gasteiger partial charge on any atom is 0.328 e. The minimum absolute atomic E-state index is 0.0452. The summed E-state index contributed by atoms with van der Waals surface area (Å²) in [5.41, 5.74) is 0.421. The number of ether oxygens (including phenoxy) is 1. The number of phenolic OH excluding ortho intramolecular Hbond substituents is 1. The van der Waals surface area contributed by atoms with Gasteiger partial charge in [0, 0.05) is 17.8 Å². The monoisotopic (exact) mass is 275 g/mol. The van der Waals surface area contributed by atoms with Crippen LogP contribution in [0.25, 0.3) is 0 Å². The fourth-order valence-corrected chi connectivity index (χ4v) is 1.53. The molecule has 0 heterocycles. The number of carboxylic acids is 1. The van der Waals surface area contributed by atoms with Crippen molar-refractivity contribution >= 4 is 12.2 Å². The van der Waals surface area contributed by atoms with Crippen LogP contribution in [0.2, 0.25) is 0 Å². The molecule has 1 atom stereocenters. The van der Waals surface area contributed by atoms with Crippen LogP contribution in [-0.2, 0) is 4.79 Å². The molecule has 1 unspecified atom stereocenters. The number of phenols is 1. The smallest absolute Gasteiger partial charge is 0.328 e. The minimum atomic E-state index is -0.996. The molecule has 20 heavy (non-hydrogen) atoms. The molecule has 0 bridgehead atoms. The third-order valence-electron chi connectivity index (χ3n) is 2.58. The van der Waals surface area contributed by atoms with E-state index in [0.29, 0.717) is 11.3 Å². The number of carboxylic acid groups (broad SMARTS) is 1. The molecule has 0 radical (unpaired) electrons. The number of rotatable bonds is 6. The molecule has 0 saturated carbocycles. The summed E-state index contributed by atoms with van der Waals surface area (Å²) in [5.74, 6) is 1.58. The summed E-state index contributed by atoms with van der Waals surface area (Å²) in [7, 11) is 0. The van der Waals surface area contributed by atoms with Crippen LogP contribution in [-0.4, -0.2) is 35.0 Å². The Kier molecular flexibility index (Phi) is 5.60. The minimum Gasteiger partial charge on any atom is -0.507 e. The van der Waals surface area contributed by atoms with Crippen molar-refractivity contribution in [3.05, 3.63) is 23.8 Å². The topological polar surface area (TPSA) is 79.1 Å². The zero-order valence-electron chi connectivity index (χ0n) is 11.4. The Morgan fingerprint density at radius 2 is 2.25 bits per heavy atom. The van der Waals surface area contributed by atoms with Gasteiger partial charge >= 0.3 is 5.97 Å². The first-order chi connectivity index (χ1) is 9.45. The Hall–Kier alpha value is -2.48. The first-order valence-corrected chi connectivity index (χ1v) is 6.11. The molecule has 5 nitrogen and oxygen atoms in total. The highest BCUT2D eigenvalue weighted by Crippen LogP contribution is 2.22. The van der Waals surface area contributed by atoms with E-state index in [1.165, 1.54) is 12.3 Å². The SMILES string of the molecule is C#CCOc1ccc(C=NC(C(=O)O)C(C)C)c(O)c1. The van der Waals surface area contributed by atoms with Gasteiger partial charge in [-0.05, 0) is 18.1 Å². The maximum absolute atomic E-state index is 11.0. The van der Waals surface area contributed by atoms with Gasteiger partial charge in [0.05, 0.1) is 0 Å². The Balaban J connectivity index is 2.87. The summed E-state index contributed by atoms with van der Waals surface area (Å²) >= 11 is 0. The number of nitrogens with zero attached hydrogens (tertiary/aromatic N) is 1. The number of terminal acetylenes is 1. The molecule has 0 spiro atoms. The first kappa shape index (κ1) is 15.6. The lowest BCUT2D eigenvalue weighted by atomic mass is 10.1. The van der Waals surface area contributed by atoms with E-state index in [1.54, 1.807) is 26.0 Å². The van der Waals surface area contributed by atoms with Crippen LogP contribution in [0, 0.1) is 18.3 Å². The molecule has 1 aromatic carbocycles. The van der Waals surface area contributed by atoms with Crippen molar-refractivity contribution in [3.63, 3.8) is 0 Å². The van der Waals surface area contributed by atoms with E-state index in [1.807, 2.05) is 0 Å². The molecule has 0 aliphatic heterocycles. The van der Waals surface area contributed by atoms with Crippen molar-refractivity contribution < 1.29 is 19.7 Å². The summed E-state index contributed by atoms with van der Waals surface area (Å²) in [4.78, 5) is 15.0. The van der Waals surface area contributed by atoms with Gasteiger partial charge in [0.1, 0.15) is 24.1 Å². The number of aromatic hydroxyl groups is 1. The molecule has 0 aliphatic rings. The van der Waals surface area contributed by atoms with Crippen molar-refractivity contribution in [2.24, 2.45) is 10.9 Å². The quantitative estimate of drug-likeness (QED) is 0.614. The molecule has 5 heteroatoms. The fourth-order valence-electron chi connectivity index (χ4n) is 1.53. The number of hydrogen-bond acceptors (Lipinski definition) is 4. The van der Waals surface area contributed by atoms with Gasteiger partial charge in [-0.1, -0.05) is 19.8 Å². The summed E-state index contributed by atoms with van der Waals surface area (Å²) in [6.07, 6.45) is 6.41. The van der Waals surface area contributed by atoms with Crippen LogP contribution in [0.15, 0.2) is 23.2 Å². The van der Waals surface area contributed by atoms with Gasteiger partial charge in [-0.2, -0.15) is 0 Å². The summed E-state index contributed by atoms with van der Waals surface area (Å²) in [6, 6.07) is 3.78. The molecule has 0 aromatic heterocycles. The maximum atomic E-state index is 11.0. The molecule has 1 aromatic rings. The van der Waals surface area contributed by atoms with Gasteiger partial charge in [0.15, 0.2) is 0 Å². The Morgan fingerprint density at radius 1 is 1.55 bits per heavy atom. The third-order valence-corrected chi connectivity index (χ3v) is 2.58. The molecule has 0 saturated heterocycles. The van der Waals surface area contributed by atoms with Gasteiger partial charge in [0.2, 0.25) is 0 Å². The number of hydrogen-bond donors (Lipinski definition) is 2. The lowest BCUT2D eigenvalue weighted by molar-refractivity contribution is -0.139. The molecule has 0 fully saturated rings. The van der Waals surface area contributed by atoms with Crippen LogP contribution in [0.4, 0.5) is 0 Å².